The molecule has 1 aromatic heterocycles. The molecule has 2 heterocycles. The average Bonchev–Trinajstić information content (AvgIpc) is 3.00. The minimum atomic E-state index is -0.423. The van der Waals surface area contributed by atoms with Crippen molar-refractivity contribution in [1.29, 1.82) is 0 Å². The SMILES string of the molecule is O=C(CC1N=NC(=O)c2ccccc21)Nc1nc2c(s1)CCCC2. The molecule has 24 heavy (non-hydrogen) atoms. The maximum atomic E-state index is 12.4. The molecule has 1 atom stereocenters. The van der Waals surface area contributed by atoms with E-state index >= 15 is 0 Å². The van der Waals surface area contributed by atoms with Crippen molar-refractivity contribution in [3.8, 4) is 0 Å². The summed E-state index contributed by atoms with van der Waals surface area (Å²) in [6.07, 6.45) is 4.55. The summed E-state index contributed by atoms with van der Waals surface area (Å²) in [7, 11) is 0. The van der Waals surface area contributed by atoms with Crippen LogP contribution in [0.2, 0.25) is 0 Å². The highest BCUT2D eigenvalue weighted by Gasteiger charge is 2.26. The molecule has 0 radical (unpaired) electrons. The van der Waals surface area contributed by atoms with Gasteiger partial charge in [-0.3, -0.25) is 9.59 Å². The topological polar surface area (TPSA) is 83.8 Å². The van der Waals surface area contributed by atoms with Gasteiger partial charge in [0.1, 0.15) is 6.04 Å². The number of hydrogen-bond donors (Lipinski definition) is 1. The molecule has 0 fully saturated rings. The van der Waals surface area contributed by atoms with Gasteiger partial charge in [-0.2, -0.15) is 5.11 Å². The van der Waals surface area contributed by atoms with Crippen LogP contribution in [0.3, 0.4) is 0 Å². The van der Waals surface area contributed by atoms with E-state index in [-0.39, 0.29) is 18.2 Å². The Kier molecular flexibility index (Phi) is 3.93. The molecule has 0 saturated heterocycles. The Hall–Kier alpha value is -2.41. The van der Waals surface area contributed by atoms with Crippen molar-refractivity contribution >= 4 is 28.3 Å². The smallest absolute Gasteiger partial charge is 0.295 e. The molecular formula is C17H16N4O2S. The Labute approximate surface area is 143 Å². The van der Waals surface area contributed by atoms with Crippen LogP contribution in [0.4, 0.5) is 5.13 Å². The predicted octanol–water partition coefficient (Wildman–Crippen LogP) is 3.70. The maximum absolute atomic E-state index is 12.4. The summed E-state index contributed by atoms with van der Waals surface area (Å²) in [5.74, 6) is -0.510. The molecule has 122 valence electrons. The molecule has 0 spiro atoms. The Morgan fingerprint density at radius 3 is 2.96 bits per heavy atom. The van der Waals surface area contributed by atoms with E-state index in [1.807, 2.05) is 12.1 Å². The average molecular weight is 340 g/mol. The second-order valence-electron chi connectivity index (χ2n) is 5.97. The molecule has 6 nitrogen and oxygen atoms in total. The fraction of sp³-hybridized carbons (Fsp3) is 0.353. The third-order valence-electron chi connectivity index (χ3n) is 4.31. The van der Waals surface area contributed by atoms with Gasteiger partial charge in [0.15, 0.2) is 5.13 Å². The number of fused-ring (bicyclic) bond motifs is 2. The number of hydrogen-bond acceptors (Lipinski definition) is 5. The molecule has 1 unspecified atom stereocenters. The number of aromatic nitrogens is 1. The van der Waals surface area contributed by atoms with Crippen molar-refractivity contribution in [2.45, 2.75) is 38.1 Å². The first-order chi connectivity index (χ1) is 11.7. The largest absolute Gasteiger partial charge is 0.302 e. The van der Waals surface area contributed by atoms with Gasteiger partial charge >= 0.3 is 0 Å². The van der Waals surface area contributed by atoms with Crippen molar-refractivity contribution in [2.24, 2.45) is 10.2 Å². The summed E-state index contributed by atoms with van der Waals surface area (Å²) < 4.78 is 0. The predicted molar refractivity (Wildman–Crippen MR) is 90.4 cm³/mol. The van der Waals surface area contributed by atoms with Gasteiger partial charge in [0, 0.05) is 10.4 Å². The minimum Gasteiger partial charge on any atom is -0.302 e. The van der Waals surface area contributed by atoms with Crippen LogP contribution < -0.4 is 5.32 Å². The molecule has 1 aromatic carbocycles. The maximum Gasteiger partial charge on any atom is 0.295 e. The quantitative estimate of drug-likeness (QED) is 0.924. The molecular weight excluding hydrogens is 324 g/mol. The van der Waals surface area contributed by atoms with E-state index in [4.69, 9.17) is 0 Å². The Morgan fingerprint density at radius 1 is 1.25 bits per heavy atom. The first-order valence-electron chi connectivity index (χ1n) is 8.03. The fourth-order valence-electron chi connectivity index (χ4n) is 3.12. The van der Waals surface area contributed by atoms with E-state index < -0.39 is 6.04 Å². The zero-order valence-electron chi connectivity index (χ0n) is 13.0. The molecule has 7 heteroatoms. The summed E-state index contributed by atoms with van der Waals surface area (Å²) in [6.45, 7) is 0. The number of aryl methyl sites for hydroxylation is 2. The molecule has 1 N–H and O–H groups in total. The van der Waals surface area contributed by atoms with E-state index in [1.165, 1.54) is 11.3 Å². The van der Waals surface area contributed by atoms with Crippen molar-refractivity contribution in [2.75, 3.05) is 5.32 Å². The van der Waals surface area contributed by atoms with Gasteiger partial charge in [0.25, 0.3) is 5.91 Å². The molecule has 0 saturated carbocycles. The zero-order chi connectivity index (χ0) is 16.5. The zero-order valence-corrected chi connectivity index (χ0v) is 13.8. The third-order valence-corrected chi connectivity index (χ3v) is 5.38. The first kappa shape index (κ1) is 15.1. The minimum absolute atomic E-state index is 0.151. The molecule has 2 aliphatic rings. The van der Waals surface area contributed by atoms with Gasteiger partial charge < -0.3 is 5.32 Å². The van der Waals surface area contributed by atoms with Crippen molar-refractivity contribution in [3.63, 3.8) is 0 Å². The van der Waals surface area contributed by atoms with E-state index in [1.54, 1.807) is 23.5 Å². The highest BCUT2D eigenvalue weighted by atomic mass is 32.1. The lowest BCUT2D eigenvalue weighted by Crippen LogP contribution is -2.18. The number of nitrogens with zero attached hydrogens (tertiary/aromatic N) is 3. The van der Waals surface area contributed by atoms with Crippen LogP contribution in [0, 0.1) is 0 Å². The van der Waals surface area contributed by atoms with Gasteiger partial charge in [0.05, 0.1) is 12.1 Å². The Morgan fingerprint density at radius 2 is 2.08 bits per heavy atom. The van der Waals surface area contributed by atoms with Gasteiger partial charge in [0.2, 0.25) is 5.91 Å². The number of azo groups is 1. The van der Waals surface area contributed by atoms with Crippen molar-refractivity contribution in [1.82, 2.24) is 4.98 Å². The number of nitrogens with one attached hydrogen (secondary N) is 1. The standard InChI is InChI=1S/C17H16N4O2S/c22-15(19-17-18-12-7-3-4-8-14(12)24-17)9-13-10-5-1-2-6-11(10)16(23)21-20-13/h1-2,5-6,13H,3-4,7-9H2,(H,18,19,22). The van der Waals surface area contributed by atoms with Crippen LogP contribution in [0.1, 0.15) is 51.8 Å². The normalized spacial score (nSPS) is 18.8. The summed E-state index contributed by atoms with van der Waals surface area (Å²) >= 11 is 1.56. The van der Waals surface area contributed by atoms with E-state index in [9.17, 15) is 9.59 Å². The summed E-state index contributed by atoms with van der Waals surface area (Å²) in [5, 5.41) is 11.2. The lowest BCUT2D eigenvalue weighted by molar-refractivity contribution is -0.116. The number of thiazole rings is 1. The van der Waals surface area contributed by atoms with Gasteiger partial charge in [-0.05, 0) is 37.3 Å². The molecule has 4 rings (SSSR count). The highest BCUT2D eigenvalue weighted by molar-refractivity contribution is 7.15. The summed E-state index contributed by atoms with van der Waals surface area (Å²) in [5.41, 5.74) is 2.40. The Bertz CT molecular complexity index is 819. The first-order valence-corrected chi connectivity index (χ1v) is 8.85. The second-order valence-corrected chi connectivity index (χ2v) is 7.06. The van der Waals surface area contributed by atoms with Crippen LogP contribution in [0.5, 0.6) is 0 Å². The molecule has 1 aliphatic carbocycles. The van der Waals surface area contributed by atoms with Crippen LogP contribution in [-0.2, 0) is 17.6 Å². The van der Waals surface area contributed by atoms with Crippen molar-refractivity contribution in [3.05, 3.63) is 46.0 Å². The summed E-state index contributed by atoms with van der Waals surface area (Å²) in [6, 6.07) is 6.75. The summed E-state index contributed by atoms with van der Waals surface area (Å²) in [4.78, 5) is 29.9. The van der Waals surface area contributed by atoms with Gasteiger partial charge in [-0.1, -0.05) is 18.2 Å². The van der Waals surface area contributed by atoms with Gasteiger partial charge in [-0.15, -0.1) is 16.5 Å². The van der Waals surface area contributed by atoms with E-state index in [0.29, 0.717) is 10.7 Å². The number of carbonyl (C=O) groups excluding carboxylic acids is 2. The fourth-order valence-corrected chi connectivity index (χ4v) is 4.19. The van der Waals surface area contributed by atoms with Crippen LogP contribution in [0.15, 0.2) is 34.5 Å². The lowest BCUT2D eigenvalue weighted by atomic mass is 9.97. The van der Waals surface area contributed by atoms with Gasteiger partial charge in [-0.25, -0.2) is 4.98 Å². The number of anilines is 1. The van der Waals surface area contributed by atoms with E-state index in [0.717, 1.165) is 30.5 Å². The monoisotopic (exact) mass is 340 g/mol. The lowest BCUT2D eigenvalue weighted by Gasteiger charge is -2.17. The number of benzene rings is 1. The third kappa shape index (κ3) is 2.87. The van der Waals surface area contributed by atoms with Crippen LogP contribution in [-0.4, -0.2) is 16.8 Å². The molecule has 2 amide bonds. The van der Waals surface area contributed by atoms with Crippen LogP contribution >= 0.6 is 11.3 Å². The van der Waals surface area contributed by atoms with Crippen LogP contribution in [0.25, 0.3) is 0 Å². The van der Waals surface area contributed by atoms with Crippen molar-refractivity contribution < 1.29 is 9.59 Å². The molecule has 1 aliphatic heterocycles. The number of rotatable bonds is 3. The molecule has 0 bridgehead atoms. The number of carbonyl (C=O) groups is 2. The second kappa shape index (κ2) is 6.24. The van der Waals surface area contributed by atoms with E-state index in [2.05, 4.69) is 20.5 Å². The highest BCUT2D eigenvalue weighted by Crippen LogP contribution is 2.32. The number of amides is 2. The Balaban J connectivity index is 1.47. The molecule has 2 aromatic rings.